The van der Waals surface area contributed by atoms with E-state index >= 15 is 0 Å². The van der Waals surface area contributed by atoms with E-state index in [1.165, 1.54) is 4.90 Å². The summed E-state index contributed by atoms with van der Waals surface area (Å²) in [4.78, 5) is 35.0. The van der Waals surface area contributed by atoms with E-state index in [1.807, 2.05) is 24.3 Å². The maximum Gasteiger partial charge on any atom is 0.410 e. The van der Waals surface area contributed by atoms with Crippen molar-refractivity contribution >= 4 is 29.5 Å². The highest BCUT2D eigenvalue weighted by Crippen LogP contribution is 2.19. The van der Waals surface area contributed by atoms with E-state index in [2.05, 4.69) is 55.0 Å². The van der Waals surface area contributed by atoms with Crippen LogP contribution in [0.4, 0.5) is 22.2 Å². The Kier molecular flexibility index (Phi) is 11.0. The second-order valence-electron chi connectivity index (χ2n) is 10.4. The molecule has 3 aromatic rings. The first-order chi connectivity index (χ1) is 19.6. The summed E-state index contributed by atoms with van der Waals surface area (Å²) in [6.45, 7) is 10.3. The van der Waals surface area contributed by atoms with Gasteiger partial charge >= 0.3 is 6.09 Å². The molecule has 0 bridgehead atoms. The van der Waals surface area contributed by atoms with Crippen LogP contribution in [-0.4, -0.2) is 73.6 Å². The fourth-order valence-corrected chi connectivity index (χ4v) is 3.45. The Morgan fingerprint density at radius 2 is 1.93 bits per heavy atom. The van der Waals surface area contributed by atoms with Gasteiger partial charge in [0.15, 0.2) is 0 Å². The molecule has 12 nitrogen and oxygen atoms in total. The van der Waals surface area contributed by atoms with Crippen molar-refractivity contribution in [2.45, 2.75) is 65.5 Å². The van der Waals surface area contributed by atoms with Crippen molar-refractivity contribution in [3.05, 3.63) is 48.4 Å². The fraction of sp³-hybridized carbons (Fsp3) is 0.448. The van der Waals surface area contributed by atoms with Gasteiger partial charge in [-0.3, -0.25) is 9.69 Å². The van der Waals surface area contributed by atoms with E-state index in [-0.39, 0.29) is 5.91 Å². The van der Waals surface area contributed by atoms with Gasteiger partial charge in [0.1, 0.15) is 17.5 Å². The predicted molar refractivity (Wildman–Crippen MR) is 158 cm³/mol. The molecule has 0 radical (unpaired) electrons. The normalized spacial score (nSPS) is 11.6. The molecule has 2 aromatic heterocycles. The second-order valence-corrected chi connectivity index (χ2v) is 10.4. The first-order valence-corrected chi connectivity index (χ1v) is 13.6. The van der Waals surface area contributed by atoms with E-state index in [9.17, 15) is 9.59 Å². The van der Waals surface area contributed by atoms with Crippen LogP contribution in [0.1, 0.15) is 59.4 Å². The Balaban J connectivity index is 1.52. The summed E-state index contributed by atoms with van der Waals surface area (Å²) < 4.78 is 7.00. The van der Waals surface area contributed by atoms with Gasteiger partial charge in [0.05, 0.1) is 29.8 Å². The van der Waals surface area contributed by atoms with Gasteiger partial charge in [-0.2, -0.15) is 4.98 Å². The van der Waals surface area contributed by atoms with E-state index in [1.54, 1.807) is 58.0 Å². The first-order valence-electron chi connectivity index (χ1n) is 13.6. The van der Waals surface area contributed by atoms with Gasteiger partial charge in [0.2, 0.25) is 11.9 Å². The van der Waals surface area contributed by atoms with Crippen LogP contribution in [0.2, 0.25) is 0 Å². The molecule has 1 aromatic carbocycles. The zero-order valence-electron chi connectivity index (χ0n) is 24.6. The number of carbonyl (C=O) groups is 2. The molecule has 41 heavy (non-hydrogen) atoms. The molecule has 12 heteroatoms. The standard InChI is InChI=1S/C29H39N9O3/c1-7-16-30-25-22(11-9-8-10-17-31-26(39)21(2)37(6)28(40)41-29(3,4)5)20-32-27(35-25)34-23-12-14-24(15-13-23)38-19-18-33-36-38/h12-15,18-21H,7-8,10,16-17H2,1-6H3,(H,31,39)(H2,30,32,34,35)/t21-/m0/s1. The van der Waals surface area contributed by atoms with Crippen molar-refractivity contribution in [3.8, 4) is 17.5 Å². The monoisotopic (exact) mass is 561 g/mol. The zero-order chi connectivity index (χ0) is 29.8. The number of benzene rings is 1. The number of hydrogen-bond donors (Lipinski definition) is 3. The summed E-state index contributed by atoms with van der Waals surface area (Å²) >= 11 is 0. The molecule has 218 valence electrons. The van der Waals surface area contributed by atoms with Gasteiger partial charge in [0, 0.05) is 32.2 Å². The molecule has 0 saturated heterocycles. The number of hydrogen-bond acceptors (Lipinski definition) is 9. The molecule has 1 atom stereocenters. The van der Waals surface area contributed by atoms with Crippen molar-refractivity contribution < 1.29 is 14.3 Å². The van der Waals surface area contributed by atoms with E-state index in [0.29, 0.717) is 36.7 Å². The maximum absolute atomic E-state index is 12.5. The van der Waals surface area contributed by atoms with Crippen molar-refractivity contribution in [2.75, 3.05) is 30.8 Å². The minimum absolute atomic E-state index is 0.248. The number of rotatable bonds is 11. The molecule has 3 rings (SSSR count). The van der Waals surface area contributed by atoms with Gasteiger partial charge < -0.3 is 20.7 Å². The highest BCUT2D eigenvalue weighted by Gasteiger charge is 2.26. The average Bonchev–Trinajstić information content (AvgIpc) is 3.48. The Labute approximate surface area is 241 Å². The summed E-state index contributed by atoms with van der Waals surface area (Å²) in [5.74, 6) is 7.14. The van der Waals surface area contributed by atoms with Crippen LogP contribution in [0, 0.1) is 11.8 Å². The van der Waals surface area contributed by atoms with Gasteiger partial charge in [-0.1, -0.05) is 24.0 Å². The number of likely N-dealkylation sites (N-methyl/N-ethyl adjacent to an activating group) is 1. The predicted octanol–water partition coefficient (Wildman–Crippen LogP) is 4.13. The van der Waals surface area contributed by atoms with Crippen molar-refractivity contribution in [2.24, 2.45) is 0 Å². The van der Waals surface area contributed by atoms with Crippen LogP contribution < -0.4 is 16.0 Å². The topological polar surface area (TPSA) is 139 Å². The first kappa shape index (κ1) is 30.9. The third-order valence-electron chi connectivity index (χ3n) is 5.78. The molecule has 2 amide bonds. The molecule has 0 fully saturated rings. The maximum atomic E-state index is 12.5. The van der Waals surface area contributed by atoms with Crippen molar-refractivity contribution in [3.63, 3.8) is 0 Å². The lowest BCUT2D eigenvalue weighted by molar-refractivity contribution is -0.125. The number of amides is 2. The highest BCUT2D eigenvalue weighted by molar-refractivity contribution is 5.85. The Bertz CT molecular complexity index is 1340. The molecule has 0 spiro atoms. The lowest BCUT2D eigenvalue weighted by Gasteiger charge is -2.28. The lowest BCUT2D eigenvalue weighted by Crippen LogP contribution is -2.47. The van der Waals surface area contributed by atoms with Crippen LogP contribution in [0.25, 0.3) is 5.69 Å². The smallest absolute Gasteiger partial charge is 0.410 e. The second kappa shape index (κ2) is 14.6. The van der Waals surface area contributed by atoms with E-state index in [4.69, 9.17) is 4.74 Å². The van der Waals surface area contributed by atoms with E-state index < -0.39 is 17.7 Å². The van der Waals surface area contributed by atoms with Crippen molar-refractivity contribution in [1.82, 2.24) is 35.2 Å². The number of aromatic nitrogens is 5. The van der Waals surface area contributed by atoms with Crippen LogP contribution in [0.3, 0.4) is 0 Å². The van der Waals surface area contributed by atoms with Crippen molar-refractivity contribution in [1.29, 1.82) is 0 Å². The molecule has 0 aliphatic heterocycles. The third-order valence-corrected chi connectivity index (χ3v) is 5.78. The van der Waals surface area contributed by atoms with Crippen LogP contribution in [-0.2, 0) is 9.53 Å². The number of carbonyl (C=O) groups excluding carboxylic acids is 2. The highest BCUT2D eigenvalue weighted by atomic mass is 16.6. The van der Waals surface area contributed by atoms with Gasteiger partial charge in [0.25, 0.3) is 0 Å². The molecule has 2 heterocycles. The van der Waals surface area contributed by atoms with Gasteiger partial charge in [-0.15, -0.1) is 5.10 Å². The third kappa shape index (κ3) is 9.79. The summed E-state index contributed by atoms with van der Waals surface area (Å²) in [5, 5.41) is 17.2. The quantitative estimate of drug-likeness (QED) is 0.233. The summed E-state index contributed by atoms with van der Waals surface area (Å²) in [6, 6.07) is 7.04. The van der Waals surface area contributed by atoms with Crippen LogP contribution in [0.15, 0.2) is 42.9 Å². The van der Waals surface area contributed by atoms with Crippen LogP contribution in [0.5, 0.6) is 0 Å². The minimum atomic E-state index is -0.654. The van der Waals surface area contributed by atoms with Gasteiger partial charge in [-0.05, 0) is 64.8 Å². The SMILES string of the molecule is CCCNc1nc(Nc2ccc(-n3ccnn3)cc2)ncc1C#CCCCNC(=O)[C@H](C)N(C)C(=O)OC(C)(C)C. The number of nitrogens with one attached hydrogen (secondary N) is 3. The molecule has 0 aliphatic rings. The number of nitrogens with zero attached hydrogens (tertiary/aromatic N) is 6. The number of unbranched alkanes of at least 4 members (excludes halogenated alkanes) is 1. The van der Waals surface area contributed by atoms with E-state index in [0.717, 1.165) is 24.3 Å². The Hall–Kier alpha value is -4.66. The molecule has 3 N–H and O–H groups in total. The Morgan fingerprint density at radius 3 is 2.59 bits per heavy atom. The Morgan fingerprint density at radius 1 is 1.17 bits per heavy atom. The lowest BCUT2D eigenvalue weighted by atomic mass is 10.2. The minimum Gasteiger partial charge on any atom is -0.444 e. The van der Waals surface area contributed by atoms with Crippen LogP contribution >= 0.6 is 0 Å². The summed E-state index contributed by atoms with van der Waals surface area (Å²) in [5.41, 5.74) is 1.80. The molecular formula is C29H39N9O3. The number of anilines is 3. The molecular weight excluding hydrogens is 522 g/mol. The fourth-order valence-electron chi connectivity index (χ4n) is 3.45. The molecule has 0 aliphatic carbocycles. The molecule has 0 unspecified atom stereocenters. The summed E-state index contributed by atoms with van der Waals surface area (Å²) in [7, 11) is 1.55. The number of ether oxygens (including phenoxy) is 1. The largest absolute Gasteiger partial charge is 0.444 e. The average molecular weight is 562 g/mol. The zero-order valence-corrected chi connectivity index (χ0v) is 24.6. The molecule has 0 saturated carbocycles. The van der Waals surface area contributed by atoms with Gasteiger partial charge in [-0.25, -0.2) is 14.5 Å². The summed E-state index contributed by atoms with van der Waals surface area (Å²) in [6.07, 6.45) is 6.73.